The van der Waals surface area contributed by atoms with Gasteiger partial charge in [0.1, 0.15) is 5.75 Å². The first kappa shape index (κ1) is 31.1. The fraction of sp³-hybridized carbons (Fsp3) is 0.314. The lowest BCUT2D eigenvalue weighted by Crippen LogP contribution is -2.44. The van der Waals surface area contributed by atoms with E-state index in [2.05, 4.69) is 55.2 Å². The Morgan fingerprint density at radius 1 is 0.915 bits per heavy atom. The highest BCUT2D eigenvalue weighted by Crippen LogP contribution is 2.33. The number of para-hydroxylation sites is 1. The van der Waals surface area contributed by atoms with Crippen molar-refractivity contribution in [2.24, 2.45) is 0 Å². The summed E-state index contributed by atoms with van der Waals surface area (Å²) in [7, 11) is 2.15. The van der Waals surface area contributed by atoms with Crippen LogP contribution in [0.5, 0.6) is 5.75 Å². The lowest BCUT2D eigenvalue weighted by Gasteiger charge is -2.34. The fourth-order valence-corrected chi connectivity index (χ4v) is 8.08. The number of hydrogen-bond donors (Lipinski definition) is 2. The molecule has 0 spiro atoms. The summed E-state index contributed by atoms with van der Waals surface area (Å²) in [4.78, 5) is 42.2. The van der Waals surface area contributed by atoms with E-state index in [1.54, 1.807) is 0 Å². The number of aromatic nitrogens is 2. The van der Waals surface area contributed by atoms with Crippen LogP contribution in [-0.2, 0) is 19.4 Å². The van der Waals surface area contributed by atoms with Crippen molar-refractivity contribution < 1.29 is 19.4 Å². The van der Waals surface area contributed by atoms with Crippen LogP contribution in [-0.4, -0.2) is 78.2 Å². The number of thiazole rings is 2. The number of piperazine rings is 1. The number of rotatable bonds is 10. The average molecular weight is 669 g/mol. The molecule has 0 atom stereocenters. The average Bonchev–Trinajstić information content (AvgIpc) is 3.71. The van der Waals surface area contributed by atoms with Crippen LogP contribution in [0.3, 0.4) is 0 Å². The molecule has 3 aromatic carbocycles. The topological polar surface area (TPSA) is 111 Å². The fourth-order valence-electron chi connectivity index (χ4n) is 6.10. The minimum Gasteiger partial charge on any atom is -0.494 e. The summed E-state index contributed by atoms with van der Waals surface area (Å²) in [5, 5.41) is 14.2. The predicted molar refractivity (Wildman–Crippen MR) is 188 cm³/mol. The first-order valence-electron chi connectivity index (χ1n) is 15.8. The Kier molecular flexibility index (Phi) is 9.05. The van der Waals surface area contributed by atoms with Gasteiger partial charge in [-0.05, 0) is 79.9 Å². The van der Waals surface area contributed by atoms with Crippen molar-refractivity contribution in [3.8, 4) is 5.75 Å². The zero-order chi connectivity index (χ0) is 32.3. The maximum Gasteiger partial charge on any atom is 0.355 e. The van der Waals surface area contributed by atoms with E-state index in [4.69, 9.17) is 4.74 Å². The van der Waals surface area contributed by atoms with Crippen LogP contribution < -0.4 is 19.9 Å². The van der Waals surface area contributed by atoms with E-state index in [-0.39, 0.29) is 11.6 Å². The lowest BCUT2D eigenvalue weighted by molar-refractivity contribution is 0.0690. The monoisotopic (exact) mass is 668 g/mol. The van der Waals surface area contributed by atoms with Crippen LogP contribution in [0, 0.1) is 0 Å². The number of hydrogen-bond acceptors (Lipinski definition) is 10. The molecular formula is C35H36N6O4S2. The Hall–Kier alpha value is -4.52. The lowest BCUT2D eigenvalue weighted by atomic mass is 9.94. The molecule has 10 nitrogen and oxygen atoms in total. The van der Waals surface area contributed by atoms with Gasteiger partial charge < -0.3 is 24.5 Å². The molecule has 0 aliphatic carbocycles. The summed E-state index contributed by atoms with van der Waals surface area (Å²) >= 11 is 2.86. The van der Waals surface area contributed by atoms with Gasteiger partial charge in [0, 0.05) is 55.4 Å². The van der Waals surface area contributed by atoms with Crippen LogP contribution in [0.25, 0.3) is 10.2 Å². The number of nitrogens with one attached hydrogen (secondary N) is 1. The molecule has 0 unspecified atom stereocenters. The van der Waals surface area contributed by atoms with Gasteiger partial charge in [-0.25, -0.2) is 14.8 Å². The summed E-state index contributed by atoms with van der Waals surface area (Å²) in [6.45, 7) is 5.79. The molecule has 2 aliphatic rings. The highest BCUT2D eigenvalue weighted by Gasteiger charge is 2.27. The van der Waals surface area contributed by atoms with Gasteiger partial charge in [0.15, 0.2) is 16.0 Å². The zero-order valence-corrected chi connectivity index (χ0v) is 27.8. The van der Waals surface area contributed by atoms with Crippen LogP contribution in [0.15, 0.2) is 66.7 Å². The number of anilines is 3. The molecule has 2 aromatic heterocycles. The second kappa shape index (κ2) is 13.7. The summed E-state index contributed by atoms with van der Waals surface area (Å²) < 4.78 is 7.02. The molecule has 1 fully saturated rings. The van der Waals surface area contributed by atoms with Gasteiger partial charge in [-0.1, -0.05) is 35.6 Å². The Balaban J connectivity index is 0.985. The number of carbonyl (C=O) groups is 2. The van der Waals surface area contributed by atoms with E-state index in [0.717, 1.165) is 64.6 Å². The van der Waals surface area contributed by atoms with Gasteiger partial charge in [0.25, 0.3) is 5.91 Å². The van der Waals surface area contributed by atoms with E-state index >= 15 is 0 Å². The third-order valence-corrected chi connectivity index (χ3v) is 10.8. The highest BCUT2D eigenvalue weighted by molar-refractivity contribution is 7.22. The second-order valence-electron chi connectivity index (χ2n) is 11.9. The van der Waals surface area contributed by atoms with Crippen molar-refractivity contribution in [2.45, 2.75) is 25.8 Å². The number of carbonyl (C=O) groups excluding carboxylic acids is 1. The molecule has 5 aromatic rings. The Labute approximate surface area is 281 Å². The minimum atomic E-state index is -1.03. The molecule has 0 saturated carbocycles. The van der Waals surface area contributed by atoms with Crippen LogP contribution >= 0.6 is 22.7 Å². The van der Waals surface area contributed by atoms with Crippen molar-refractivity contribution in [3.63, 3.8) is 0 Å². The summed E-state index contributed by atoms with van der Waals surface area (Å²) in [6.07, 6.45) is 1.95. The van der Waals surface area contributed by atoms with Crippen molar-refractivity contribution in [3.05, 3.63) is 94.0 Å². The maximum atomic E-state index is 13.4. The molecule has 1 amide bonds. The number of nitrogens with zero attached hydrogens (tertiary/aromatic N) is 5. The van der Waals surface area contributed by atoms with Crippen molar-refractivity contribution in [1.29, 1.82) is 0 Å². The normalized spacial score (nSPS) is 15.1. The third kappa shape index (κ3) is 6.95. The van der Waals surface area contributed by atoms with E-state index < -0.39 is 5.97 Å². The molecule has 1 saturated heterocycles. The number of amides is 1. The molecule has 47 heavy (non-hydrogen) atoms. The number of aromatic carboxylic acids is 1. The number of carboxylic acids is 1. The number of benzene rings is 3. The smallest absolute Gasteiger partial charge is 0.355 e. The molecule has 242 valence electrons. The molecular weight excluding hydrogens is 633 g/mol. The standard InChI is InChI=1S/C35H36N6O4S2/c1-39-17-19-40(20-18-39)24-11-13-25(14-12-24)45-21-5-10-30-31(33(43)44)37-35(47-30)41-16-15-23-6-4-7-26(27(23)22-41)32(42)38-34-36-28-8-2-3-9-29(28)46-34/h2-4,6-9,11-14H,5,10,15-22H2,1H3,(H,43,44)(H,36,38,42). The van der Waals surface area contributed by atoms with E-state index in [9.17, 15) is 14.7 Å². The molecule has 4 heterocycles. The number of fused-ring (bicyclic) bond motifs is 2. The van der Waals surface area contributed by atoms with Gasteiger partial charge >= 0.3 is 5.97 Å². The van der Waals surface area contributed by atoms with Crippen LogP contribution in [0.4, 0.5) is 16.0 Å². The van der Waals surface area contributed by atoms with Gasteiger partial charge in [-0.15, -0.1) is 11.3 Å². The summed E-state index contributed by atoms with van der Waals surface area (Å²) in [5.74, 6) is -0.430. The predicted octanol–water partition coefficient (Wildman–Crippen LogP) is 6.03. The molecule has 0 bridgehead atoms. The van der Waals surface area contributed by atoms with Gasteiger partial charge in [0.2, 0.25) is 0 Å². The van der Waals surface area contributed by atoms with E-state index in [1.165, 1.54) is 28.4 Å². The Bertz CT molecular complexity index is 1860. The van der Waals surface area contributed by atoms with Crippen molar-refractivity contribution in [2.75, 3.05) is 61.5 Å². The minimum absolute atomic E-state index is 0.0918. The maximum absolute atomic E-state index is 13.4. The Morgan fingerprint density at radius 2 is 1.72 bits per heavy atom. The first-order valence-corrected chi connectivity index (χ1v) is 17.5. The summed E-state index contributed by atoms with van der Waals surface area (Å²) in [6, 6.07) is 21.8. The quantitative estimate of drug-likeness (QED) is 0.172. The highest BCUT2D eigenvalue weighted by atomic mass is 32.1. The number of ether oxygens (including phenoxy) is 1. The van der Waals surface area contributed by atoms with Gasteiger partial charge in [-0.3, -0.25) is 10.1 Å². The number of aryl methyl sites for hydroxylation is 1. The number of likely N-dealkylation sites (N-methyl/N-ethyl adjacent to an activating group) is 1. The SMILES string of the molecule is CN1CCN(c2ccc(OCCCc3sc(N4CCc5cccc(C(=O)Nc6nc7ccccc7s6)c5C4)nc3C(=O)O)cc2)CC1. The largest absolute Gasteiger partial charge is 0.494 e. The van der Waals surface area contributed by atoms with Crippen LogP contribution in [0.1, 0.15) is 43.3 Å². The zero-order valence-electron chi connectivity index (χ0n) is 26.1. The molecule has 2 N–H and O–H groups in total. The second-order valence-corrected chi connectivity index (χ2v) is 14.0. The molecule has 2 aliphatic heterocycles. The molecule has 0 radical (unpaired) electrons. The molecule has 7 rings (SSSR count). The Morgan fingerprint density at radius 3 is 2.51 bits per heavy atom. The summed E-state index contributed by atoms with van der Waals surface area (Å²) in [5.41, 5.74) is 4.78. The first-order chi connectivity index (χ1) is 22.9. The van der Waals surface area contributed by atoms with Gasteiger partial charge in [-0.2, -0.15) is 0 Å². The third-order valence-electron chi connectivity index (χ3n) is 8.71. The van der Waals surface area contributed by atoms with Crippen molar-refractivity contribution >= 4 is 60.7 Å². The van der Waals surface area contributed by atoms with E-state index in [0.29, 0.717) is 48.4 Å². The van der Waals surface area contributed by atoms with Crippen molar-refractivity contribution in [1.82, 2.24) is 14.9 Å². The molecule has 12 heteroatoms. The van der Waals surface area contributed by atoms with E-state index in [1.807, 2.05) is 48.5 Å². The number of carboxylic acid groups (broad SMARTS) is 1. The van der Waals surface area contributed by atoms with Crippen LogP contribution in [0.2, 0.25) is 0 Å². The van der Waals surface area contributed by atoms with Gasteiger partial charge in [0.05, 0.1) is 16.8 Å².